The van der Waals surface area contributed by atoms with Crippen LogP contribution < -0.4 is 0 Å². The van der Waals surface area contributed by atoms with E-state index in [1.165, 1.54) is 0 Å². The lowest BCUT2D eigenvalue weighted by Crippen LogP contribution is -2.17. The highest BCUT2D eigenvalue weighted by Crippen LogP contribution is 2.30. The number of ether oxygens (including phenoxy) is 1. The summed E-state index contributed by atoms with van der Waals surface area (Å²) in [6.07, 6.45) is 2.09. The van der Waals surface area contributed by atoms with Gasteiger partial charge < -0.3 is 9.84 Å². The molecular weight excluding hydrogens is 288 g/mol. The van der Waals surface area contributed by atoms with Gasteiger partial charge in [-0.3, -0.25) is 4.79 Å². The lowest BCUT2D eigenvalue weighted by atomic mass is 9.80. The highest BCUT2D eigenvalue weighted by atomic mass is 16.5. The first kappa shape index (κ1) is 17.1. The molecule has 0 aliphatic heterocycles. The minimum absolute atomic E-state index is 0.0343. The van der Waals surface area contributed by atoms with E-state index in [1.807, 2.05) is 42.5 Å². The number of hydrogen-bond acceptors (Lipinski definition) is 3. The van der Waals surface area contributed by atoms with Crippen molar-refractivity contribution in [2.45, 2.75) is 45.1 Å². The lowest BCUT2D eigenvalue weighted by molar-refractivity contribution is -0.145. The summed E-state index contributed by atoms with van der Waals surface area (Å²) in [7, 11) is 0. The second kappa shape index (κ2) is 7.82. The molecule has 23 heavy (non-hydrogen) atoms. The zero-order valence-corrected chi connectivity index (χ0v) is 13.8. The molecule has 0 unspecified atom stereocenters. The molecule has 2 aromatic rings. The molecule has 0 radical (unpaired) electrons. The summed E-state index contributed by atoms with van der Waals surface area (Å²) >= 11 is 0. The number of carbonyl (C=O) groups is 1. The standard InChI is InChI=1S/C20H24O3/c1-20(2,17-10-12-18(21)13-11-17)14-6-9-19(22)23-15-16-7-4-3-5-8-16/h3-5,7-8,10-13,21H,6,9,14-15H2,1-2H3. The highest BCUT2D eigenvalue weighted by Gasteiger charge is 2.20. The van der Waals surface area contributed by atoms with Gasteiger partial charge in [0.1, 0.15) is 12.4 Å². The molecule has 0 fully saturated rings. The SMILES string of the molecule is CC(C)(CCCC(=O)OCc1ccccc1)c1ccc(O)cc1. The van der Waals surface area contributed by atoms with Gasteiger partial charge in [0.25, 0.3) is 0 Å². The Morgan fingerprint density at radius 2 is 1.70 bits per heavy atom. The Bertz CT molecular complexity index is 615. The van der Waals surface area contributed by atoms with Crippen molar-refractivity contribution in [2.24, 2.45) is 0 Å². The minimum Gasteiger partial charge on any atom is -0.508 e. The van der Waals surface area contributed by atoms with Gasteiger partial charge >= 0.3 is 5.97 Å². The van der Waals surface area contributed by atoms with Crippen molar-refractivity contribution < 1.29 is 14.6 Å². The average Bonchev–Trinajstić information content (AvgIpc) is 2.54. The van der Waals surface area contributed by atoms with Crippen molar-refractivity contribution in [1.29, 1.82) is 0 Å². The van der Waals surface area contributed by atoms with Crippen molar-refractivity contribution in [3.63, 3.8) is 0 Å². The maximum absolute atomic E-state index is 11.8. The third-order valence-electron chi connectivity index (χ3n) is 4.07. The summed E-state index contributed by atoms with van der Waals surface area (Å²) < 4.78 is 5.29. The molecule has 0 saturated carbocycles. The van der Waals surface area contributed by atoms with Crippen LogP contribution in [-0.4, -0.2) is 11.1 Å². The molecule has 0 saturated heterocycles. The largest absolute Gasteiger partial charge is 0.508 e. The number of hydrogen-bond donors (Lipinski definition) is 1. The number of phenols is 1. The van der Waals surface area contributed by atoms with Crippen LogP contribution in [0.3, 0.4) is 0 Å². The number of aromatic hydroxyl groups is 1. The average molecular weight is 312 g/mol. The Hall–Kier alpha value is -2.29. The van der Waals surface area contributed by atoms with Crippen molar-refractivity contribution in [3.05, 3.63) is 65.7 Å². The number of esters is 1. The fraction of sp³-hybridized carbons (Fsp3) is 0.350. The molecule has 122 valence electrons. The Kier molecular flexibility index (Phi) is 5.80. The smallest absolute Gasteiger partial charge is 0.306 e. The van der Waals surface area contributed by atoms with E-state index in [1.54, 1.807) is 12.1 Å². The molecule has 2 aromatic carbocycles. The topological polar surface area (TPSA) is 46.5 Å². The zero-order chi connectivity index (χ0) is 16.7. The van der Waals surface area contributed by atoms with Gasteiger partial charge in [-0.1, -0.05) is 56.3 Å². The quantitative estimate of drug-likeness (QED) is 0.761. The van der Waals surface area contributed by atoms with Gasteiger partial charge in [0, 0.05) is 6.42 Å². The predicted octanol–water partition coefficient (Wildman–Crippen LogP) is 4.58. The molecule has 1 N–H and O–H groups in total. The Labute approximate surface area is 137 Å². The molecule has 0 aliphatic carbocycles. The molecule has 0 amide bonds. The summed E-state index contributed by atoms with van der Waals surface area (Å²) in [6, 6.07) is 17.0. The van der Waals surface area contributed by atoms with Crippen LogP contribution in [0.5, 0.6) is 5.75 Å². The monoisotopic (exact) mass is 312 g/mol. The van der Waals surface area contributed by atoms with E-state index < -0.39 is 0 Å². The number of rotatable bonds is 7. The van der Waals surface area contributed by atoms with Crippen LogP contribution in [0.15, 0.2) is 54.6 Å². The second-order valence-electron chi connectivity index (χ2n) is 6.43. The molecule has 0 bridgehead atoms. The second-order valence-corrected chi connectivity index (χ2v) is 6.43. The van der Waals surface area contributed by atoms with Crippen LogP contribution in [0.4, 0.5) is 0 Å². The minimum atomic E-state index is -0.157. The Balaban J connectivity index is 1.75. The first-order valence-electron chi connectivity index (χ1n) is 7.96. The number of carbonyl (C=O) groups excluding carboxylic acids is 1. The van der Waals surface area contributed by atoms with Gasteiger partial charge in [-0.05, 0) is 41.5 Å². The van der Waals surface area contributed by atoms with Gasteiger partial charge in [0.15, 0.2) is 0 Å². The molecule has 0 atom stereocenters. The van der Waals surface area contributed by atoms with E-state index in [-0.39, 0.29) is 17.1 Å². The molecule has 0 spiro atoms. The first-order valence-corrected chi connectivity index (χ1v) is 7.96. The van der Waals surface area contributed by atoms with E-state index in [4.69, 9.17) is 4.74 Å². The Morgan fingerprint density at radius 1 is 1.04 bits per heavy atom. The van der Waals surface area contributed by atoms with Crippen LogP contribution in [0, 0.1) is 0 Å². The maximum atomic E-state index is 11.8. The number of phenolic OH excluding ortho intramolecular Hbond substituents is 1. The van der Waals surface area contributed by atoms with Gasteiger partial charge in [-0.25, -0.2) is 0 Å². The third kappa shape index (κ3) is 5.44. The molecule has 0 aliphatic rings. The fourth-order valence-electron chi connectivity index (χ4n) is 2.54. The normalized spacial score (nSPS) is 11.2. The molecule has 0 heterocycles. The van der Waals surface area contributed by atoms with Crippen molar-refractivity contribution in [3.8, 4) is 5.75 Å². The fourth-order valence-corrected chi connectivity index (χ4v) is 2.54. The van der Waals surface area contributed by atoms with Crippen LogP contribution in [0.25, 0.3) is 0 Å². The van der Waals surface area contributed by atoms with Crippen molar-refractivity contribution in [1.82, 2.24) is 0 Å². The highest BCUT2D eigenvalue weighted by molar-refractivity contribution is 5.69. The van der Waals surface area contributed by atoms with Crippen LogP contribution in [0.1, 0.15) is 44.2 Å². The van der Waals surface area contributed by atoms with Crippen molar-refractivity contribution in [2.75, 3.05) is 0 Å². The summed E-state index contributed by atoms with van der Waals surface area (Å²) in [4.78, 5) is 11.8. The van der Waals surface area contributed by atoms with Crippen molar-refractivity contribution >= 4 is 5.97 Å². The molecule has 0 aromatic heterocycles. The summed E-state index contributed by atoms with van der Waals surface area (Å²) in [5.41, 5.74) is 2.13. The predicted molar refractivity (Wildman–Crippen MR) is 91.2 cm³/mol. The maximum Gasteiger partial charge on any atom is 0.306 e. The van der Waals surface area contributed by atoms with Gasteiger partial charge in [-0.15, -0.1) is 0 Å². The first-order chi connectivity index (χ1) is 11.0. The molecule has 2 rings (SSSR count). The summed E-state index contributed by atoms with van der Waals surface area (Å²) in [5, 5.41) is 9.36. The van der Waals surface area contributed by atoms with Crippen LogP contribution >= 0.6 is 0 Å². The van der Waals surface area contributed by atoms with E-state index in [0.717, 1.165) is 24.0 Å². The zero-order valence-electron chi connectivity index (χ0n) is 13.8. The number of benzene rings is 2. The Morgan fingerprint density at radius 3 is 2.35 bits per heavy atom. The summed E-state index contributed by atoms with van der Waals surface area (Å²) in [6.45, 7) is 4.63. The molecule has 3 heteroatoms. The summed E-state index contributed by atoms with van der Waals surface area (Å²) in [5.74, 6) is 0.115. The van der Waals surface area contributed by atoms with E-state index in [9.17, 15) is 9.90 Å². The van der Waals surface area contributed by atoms with Gasteiger partial charge in [0.2, 0.25) is 0 Å². The van der Waals surface area contributed by atoms with E-state index in [2.05, 4.69) is 13.8 Å². The lowest BCUT2D eigenvalue weighted by Gasteiger charge is -2.25. The van der Waals surface area contributed by atoms with E-state index >= 15 is 0 Å². The third-order valence-corrected chi connectivity index (χ3v) is 4.07. The van der Waals surface area contributed by atoms with Gasteiger partial charge in [-0.2, -0.15) is 0 Å². The van der Waals surface area contributed by atoms with Crippen LogP contribution in [-0.2, 0) is 21.6 Å². The molecule has 3 nitrogen and oxygen atoms in total. The molecular formula is C20H24O3. The van der Waals surface area contributed by atoms with Crippen LogP contribution in [0.2, 0.25) is 0 Å². The van der Waals surface area contributed by atoms with E-state index in [0.29, 0.717) is 13.0 Å². The van der Waals surface area contributed by atoms with Gasteiger partial charge in [0.05, 0.1) is 0 Å².